The molecular formula is C24H19ClN6O2S. The predicted molar refractivity (Wildman–Crippen MR) is 134 cm³/mol. The van der Waals surface area contributed by atoms with Crippen molar-refractivity contribution in [3.8, 4) is 0 Å². The van der Waals surface area contributed by atoms with Crippen LogP contribution >= 0.6 is 11.6 Å². The number of sulfonamides is 1. The molecule has 0 aliphatic heterocycles. The molecule has 0 saturated carbocycles. The van der Waals surface area contributed by atoms with Gasteiger partial charge >= 0.3 is 0 Å². The molecule has 34 heavy (non-hydrogen) atoms. The van der Waals surface area contributed by atoms with Crippen molar-refractivity contribution >= 4 is 60.9 Å². The SMILES string of the molecule is Cc1cc(C)nc(NS(=O)(=O)c2ccc(Nc3c4ccc(Cl)cc4nc4ncccc34)cc2)n1. The number of halogens is 1. The summed E-state index contributed by atoms with van der Waals surface area (Å²) in [7, 11) is -3.85. The van der Waals surface area contributed by atoms with Crippen molar-refractivity contribution in [2.24, 2.45) is 0 Å². The van der Waals surface area contributed by atoms with E-state index in [0.29, 0.717) is 33.3 Å². The highest BCUT2D eigenvalue weighted by Crippen LogP contribution is 2.33. The predicted octanol–water partition coefficient (Wildman–Crippen LogP) is 5.39. The summed E-state index contributed by atoms with van der Waals surface area (Å²) in [5.74, 6) is 0.0422. The normalized spacial score (nSPS) is 11.6. The van der Waals surface area contributed by atoms with Gasteiger partial charge in [0.2, 0.25) is 5.95 Å². The highest BCUT2D eigenvalue weighted by Gasteiger charge is 2.17. The first-order chi connectivity index (χ1) is 16.3. The number of pyridine rings is 2. The van der Waals surface area contributed by atoms with Gasteiger partial charge in [0.1, 0.15) is 0 Å². The first-order valence-corrected chi connectivity index (χ1v) is 12.2. The molecule has 3 aromatic heterocycles. The van der Waals surface area contributed by atoms with E-state index in [0.717, 1.165) is 16.5 Å². The summed E-state index contributed by atoms with van der Waals surface area (Å²) in [6.45, 7) is 3.56. The zero-order chi connectivity index (χ0) is 23.9. The van der Waals surface area contributed by atoms with Crippen molar-refractivity contribution in [3.05, 3.63) is 83.3 Å². The number of benzene rings is 2. The number of nitrogens with zero attached hydrogens (tertiary/aromatic N) is 4. The molecule has 10 heteroatoms. The fraction of sp³-hybridized carbons (Fsp3) is 0.0833. The van der Waals surface area contributed by atoms with Crippen molar-refractivity contribution in [1.29, 1.82) is 0 Å². The second-order valence-electron chi connectivity index (χ2n) is 7.75. The minimum Gasteiger partial charge on any atom is -0.354 e. The quantitative estimate of drug-likeness (QED) is 0.318. The van der Waals surface area contributed by atoms with Crippen molar-refractivity contribution in [2.45, 2.75) is 18.7 Å². The van der Waals surface area contributed by atoms with Crippen LogP contribution in [-0.2, 0) is 10.0 Å². The summed E-state index contributed by atoms with van der Waals surface area (Å²) < 4.78 is 28.1. The Morgan fingerprint density at radius 2 is 1.59 bits per heavy atom. The van der Waals surface area contributed by atoms with Gasteiger partial charge in [-0.3, -0.25) is 0 Å². The van der Waals surface area contributed by atoms with E-state index in [4.69, 9.17) is 11.6 Å². The number of fused-ring (bicyclic) bond motifs is 2. The molecule has 0 fully saturated rings. The Kier molecular flexibility index (Phi) is 5.51. The van der Waals surface area contributed by atoms with Gasteiger partial charge in [-0.25, -0.2) is 33.1 Å². The molecule has 8 nitrogen and oxygen atoms in total. The van der Waals surface area contributed by atoms with E-state index in [9.17, 15) is 8.42 Å². The molecule has 0 bridgehead atoms. The number of hydrogen-bond donors (Lipinski definition) is 2. The smallest absolute Gasteiger partial charge is 0.264 e. The highest BCUT2D eigenvalue weighted by atomic mass is 35.5. The van der Waals surface area contributed by atoms with Crippen LogP contribution in [0.5, 0.6) is 0 Å². The van der Waals surface area contributed by atoms with Crippen LogP contribution in [0.1, 0.15) is 11.4 Å². The fourth-order valence-electron chi connectivity index (χ4n) is 3.70. The van der Waals surface area contributed by atoms with Crippen molar-refractivity contribution in [2.75, 3.05) is 10.0 Å². The maximum absolute atomic E-state index is 12.8. The number of rotatable bonds is 5. The summed E-state index contributed by atoms with van der Waals surface area (Å²) in [4.78, 5) is 17.4. The highest BCUT2D eigenvalue weighted by molar-refractivity contribution is 7.92. The summed E-state index contributed by atoms with van der Waals surface area (Å²) >= 11 is 6.17. The Labute approximate surface area is 201 Å². The number of anilines is 3. The van der Waals surface area contributed by atoms with Gasteiger partial charge in [0.15, 0.2) is 5.65 Å². The third kappa shape index (κ3) is 4.35. The van der Waals surface area contributed by atoms with Gasteiger partial charge in [-0.15, -0.1) is 0 Å². The Morgan fingerprint density at radius 3 is 2.32 bits per heavy atom. The van der Waals surface area contributed by atoms with Crippen LogP contribution in [0, 0.1) is 13.8 Å². The number of hydrogen-bond acceptors (Lipinski definition) is 7. The second kappa shape index (κ2) is 8.51. The van der Waals surface area contributed by atoms with Crippen LogP contribution in [0.3, 0.4) is 0 Å². The zero-order valence-electron chi connectivity index (χ0n) is 18.2. The van der Waals surface area contributed by atoms with Crippen molar-refractivity contribution < 1.29 is 8.42 Å². The lowest BCUT2D eigenvalue weighted by Crippen LogP contribution is -2.15. The van der Waals surface area contributed by atoms with E-state index in [1.54, 1.807) is 50.4 Å². The molecule has 2 aromatic carbocycles. The summed E-state index contributed by atoms with van der Waals surface area (Å²) in [5.41, 5.74) is 4.15. The number of aromatic nitrogens is 4. The molecule has 0 saturated heterocycles. The maximum Gasteiger partial charge on any atom is 0.264 e. The molecule has 0 amide bonds. The maximum atomic E-state index is 12.8. The standard InChI is InChI=1S/C24H19ClN6O2S/c1-14-12-15(2)28-24(27-14)31-34(32,33)18-8-6-17(7-9-18)29-22-19-10-5-16(25)13-21(19)30-23-20(22)4-3-11-26-23/h3-13H,1-2H3,(H,26,29,30)(H,27,28,31). The van der Waals surface area contributed by atoms with Crippen LogP contribution in [0.15, 0.2) is 71.8 Å². The largest absolute Gasteiger partial charge is 0.354 e. The van der Waals surface area contributed by atoms with Crippen LogP contribution < -0.4 is 10.0 Å². The van der Waals surface area contributed by atoms with Crippen LogP contribution in [0.4, 0.5) is 17.3 Å². The van der Waals surface area contributed by atoms with Gasteiger partial charge in [-0.05, 0) is 74.5 Å². The molecule has 0 aliphatic rings. The van der Waals surface area contributed by atoms with Gasteiger partial charge in [0.25, 0.3) is 10.0 Å². The Bertz CT molecular complexity index is 1640. The zero-order valence-corrected chi connectivity index (χ0v) is 19.8. The van der Waals surface area contributed by atoms with E-state index in [1.807, 2.05) is 18.2 Å². The number of aryl methyl sites for hydroxylation is 2. The molecule has 5 rings (SSSR count). The molecular weight excluding hydrogens is 472 g/mol. The van der Waals surface area contributed by atoms with E-state index < -0.39 is 10.0 Å². The van der Waals surface area contributed by atoms with Crippen LogP contribution in [0.2, 0.25) is 5.02 Å². The van der Waals surface area contributed by atoms with E-state index >= 15 is 0 Å². The fourth-order valence-corrected chi connectivity index (χ4v) is 4.81. The third-order valence-corrected chi connectivity index (χ3v) is 6.73. The van der Waals surface area contributed by atoms with Gasteiger partial charge in [-0.2, -0.15) is 0 Å². The van der Waals surface area contributed by atoms with Crippen LogP contribution in [-0.4, -0.2) is 28.4 Å². The first-order valence-electron chi connectivity index (χ1n) is 10.3. The molecule has 0 aliphatic carbocycles. The molecule has 2 N–H and O–H groups in total. The van der Waals surface area contributed by atoms with Gasteiger partial charge in [0.05, 0.1) is 16.1 Å². The summed E-state index contributed by atoms with van der Waals surface area (Å²) in [6, 6.07) is 17.5. The van der Waals surface area contributed by atoms with E-state index in [1.165, 1.54) is 12.1 Å². The van der Waals surface area contributed by atoms with Gasteiger partial charge in [0, 0.05) is 39.1 Å². The molecule has 170 valence electrons. The molecule has 0 spiro atoms. The topological polar surface area (TPSA) is 110 Å². The summed E-state index contributed by atoms with van der Waals surface area (Å²) in [5, 5.41) is 5.68. The Hall–Kier alpha value is -3.82. The number of nitrogens with one attached hydrogen (secondary N) is 2. The lowest BCUT2D eigenvalue weighted by Gasteiger charge is -2.14. The van der Waals surface area contributed by atoms with Gasteiger partial charge in [-0.1, -0.05) is 11.6 Å². The van der Waals surface area contributed by atoms with Crippen LogP contribution in [0.25, 0.3) is 21.9 Å². The molecule has 0 radical (unpaired) electrons. The average Bonchev–Trinajstić information content (AvgIpc) is 2.78. The first kappa shape index (κ1) is 22.0. The second-order valence-corrected chi connectivity index (χ2v) is 9.87. The molecule has 3 heterocycles. The Morgan fingerprint density at radius 1 is 0.853 bits per heavy atom. The van der Waals surface area contributed by atoms with Crippen molar-refractivity contribution in [3.63, 3.8) is 0 Å². The van der Waals surface area contributed by atoms with E-state index in [-0.39, 0.29) is 10.8 Å². The van der Waals surface area contributed by atoms with Crippen molar-refractivity contribution in [1.82, 2.24) is 19.9 Å². The lowest BCUT2D eigenvalue weighted by atomic mass is 10.1. The molecule has 5 aromatic rings. The minimum absolute atomic E-state index is 0.0422. The summed E-state index contributed by atoms with van der Waals surface area (Å²) in [6.07, 6.45) is 1.68. The minimum atomic E-state index is -3.85. The third-order valence-electron chi connectivity index (χ3n) is 5.15. The molecule has 0 atom stereocenters. The monoisotopic (exact) mass is 490 g/mol. The van der Waals surface area contributed by atoms with E-state index in [2.05, 4.69) is 30.0 Å². The molecule has 0 unspecified atom stereocenters. The average molecular weight is 491 g/mol. The lowest BCUT2D eigenvalue weighted by molar-refractivity contribution is 0.601. The van der Waals surface area contributed by atoms with Gasteiger partial charge < -0.3 is 5.32 Å². The Balaban J connectivity index is 1.48.